The normalized spacial score (nSPS) is 13.6. The summed E-state index contributed by atoms with van der Waals surface area (Å²) in [5.41, 5.74) is 6.67. The van der Waals surface area contributed by atoms with Gasteiger partial charge in [0, 0.05) is 13.2 Å². The maximum Gasteiger partial charge on any atom is 0.147 e. The number of nitrogens with one attached hydrogen (secondary N) is 1. The number of hydrogen-bond donors (Lipinski definition) is 4. The van der Waals surface area contributed by atoms with Crippen LogP contribution in [-0.4, -0.2) is 35.8 Å². The highest BCUT2D eigenvalue weighted by atomic mass is 16.4. The largest absolute Gasteiger partial charge is 0.409 e. The van der Waals surface area contributed by atoms with Crippen LogP contribution < -0.4 is 11.1 Å². The fourth-order valence-electron chi connectivity index (χ4n) is 1.60. The Morgan fingerprint density at radius 1 is 1.35 bits per heavy atom. The summed E-state index contributed by atoms with van der Waals surface area (Å²) < 4.78 is 0. The summed E-state index contributed by atoms with van der Waals surface area (Å²) in [6.45, 7) is 1.45. The van der Waals surface area contributed by atoms with E-state index >= 15 is 0 Å². The van der Waals surface area contributed by atoms with Gasteiger partial charge in [-0.1, -0.05) is 35.5 Å². The van der Waals surface area contributed by atoms with E-state index in [1.807, 2.05) is 30.3 Å². The van der Waals surface area contributed by atoms with Crippen LogP contribution in [0.5, 0.6) is 0 Å². The molecule has 0 aromatic heterocycles. The molecule has 0 bridgehead atoms. The minimum atomic E-state index is -0.153. The van der Waals surface area contributed by atoms with E-state index in [0.29, 0.717) is 19.5 Å². The predicted molar refractivity (Wildman–Crippen MR) is 67.2 cm³/mol. The van der Waals surface area contributed by atoms with Crippen molar-refractivity contribution in [3.05, 3.63) is 35.9 Å². The van der Waals surface area contributed by atoms with E-state index in [9.17, 15) is 0 Å². The number of rotatable bonds is 7. The summed E-state index contributed by atoms with van der Waals surface area (Å²) in [6.07, 6.45) is 0.692. The Morgan fingerprint density at radius 2 is 2.06 bits per heavy atom. The Hall–Kier alpha value is -1.59. The second-order valence-corrected chi connectivity index (χ2v) is 3.77. The molecule has 0 radical (unpaired) electrons. The van der Waals surface area contributed by atoms with Gasteiger partial charge in [-0.15, -0.1) is 0 Å². The zero-order chi connectivity index (χ0) is 12.5. The zero-order valence-corrected chi connectivity index (χ0v) is 9.71. The summed E-state index contributed by atoms with van der Waals surface area (Å²) in [4.78, 5) is 0. The average Bonchev–Trinajstić information content (AvgIpc) is 2.39. The van der Waals surface area contributed by atoms with Crippen LogP contribution in [-0.2, 0) is 0 Å². The molecule has 94 valence electrons. The molecule has 17 heavy (non-hydrogen) atoms. The van der Waals surface area contributed by atoms with Gasteiger partial charge in [0.05, 0.1) is 5.92 Å². The molecule has 0 aliphatic rings. The van der Waals surface area contributed by atoms with E-state index in [1.165, 1.54) is 0 Å². The Balaban J connectivity index is 2.62. The maximum atomic E-state index is 8.76. The van der Waals surface area contributed by atoms with Gasteiger partial charge < -0.3 is 21.4 Å². The zero-order valence-electron chi connectivity index (χ0n) is 9.71. The van der Waals surface area contributed by atoms with Gasteiger partial charge in [0.1, 0.15) is 5.84 Å². The molecule has 0 saturated heterocycles. The molecule has 0 spiro atoms. The molecule has 1 aromatic carbocycles. The molecular formula is C12H19N3O2. The topological polar surface area (TPSA) is 90.9 Å². The van der Waals surface area contributed by atoms with Crippen molar-refractivity contribution < 1.29 is 10.3 Å². The van der Waals surface area contributed by atoms with E-state index in [0.717, 1.165) is 5.56 Å². The number of benzene rings is 1. The van der Waals surface area contributed by atoms with Gasteiger partial charge >= 0.3 is 0 Å². The third kappa shape index (κ3) is 4.42. The van der Waals surface area contributed by atoms with E-state index < -0.39 is 0 Å². The fraction of sp³-hybridized carbons (Fsp3) is 0.417. The van der Waals surface area contributed by atoms with Crippen molar-refractivity contribution in [3.8, 4) is 0 Å². The maximum absolute atomic E-state index is 8.76. The number of oxime groups is 1. The highest BCUT2D eigenvalue weighted by Crippen LogP contribution is 2.14. The molecule has 0 amide bonds. The molecule has 0 fully saturated rings. The quantitative estimate of drug-likeness (QED) is 0.183. The molecule has 0 aliphatic carbocycles. The lowest BCUT2D eigenvalue weighted by molar-refractivity contribution is 0.286. The Labute approximate surface area is 101 Å². The van der Waals surface area contributed by atoms with Gasteiger partial charge in [-0.25, -0.2) is 0 Å². The van der Waals surface area contributed by atoms with E-state index in [4.69, 9.17) is 16.0 Å². The average molecular weight is 237 g/mol. The molecule has 0 heterocycles. The molecule has 1 aromatic rings. The number of amidine groups is 1. The summed E-state index contributed by atoms with van der Waals surface area (Å²) in [6, 6.07) is 9.64. The number of nitrogens with two attached hydrogens (primary N) is 1. The van der Waals surface area contributed by atoms with Gasteiger partial charge in [-0.2, -0.15) is 0 Å². The summed E-state index contributed by atoms with van der Waals surface area (Å²) in [5, 5.41) is 23.7. The predicted octanol–water partition coefficient (Wildman–Crippen LogP) is 0.489. The first-order chi connectivity index (χ1) is 8.29. The molecule has 5 N–H and O–H groups in total. The van der Waals surface area contributed by atoms with Crippen LogP contribution in [0.3, 0.4) is 0 Å². The van der Waals surface area contributed by atoms with Gasteiger partial charge in [0.2, 0.25) is 0 Å². The fourth-order valence-corrected chi connectivity index (χ4v) is 1.60. The molecular weight excluding hydrogens is 218 g/mol. The molecule has 0 saturated carbocycles. The number of hydrogen-bond acceptors (Lipinski definition) is 4. The van der Waals surface area contributed by atoms with Crippen LogP contribution in [0.1, 0.15) is 17.9 Å². The molecule has 0 aliphatic heterocycles. The SMILES string of the molecule is NC(=NO)C(CNCCCO)c1ccccc1. The Kier molecular flexibility index (Phi) is 6.06. The van der Waals surface area contributed by atoms with Crippen LogP contribution in [0, 0.1) is 0 Å². The van der Waals surface area contributed by atoms with Gasteiger partial charge in [0.15, 0.2) is 0 Å². The minimum Gasteiger partial charge on any atom is -0.409 e. The number of aliphatic hydroxyl groups excluding tert-OH is 1. The highest BCUT2D eigenvalue weighted by Gasteiger charge is 2.15. The van der Waals surface area contributed by atoms with E-state index in [1.54, 1.807) is 0 Å². The minimum absolute atomic E-state index is 0.153. The van der Waals surface area contributed by atoms with Crippen molar-refractivity contribution in [2.24, 2.45) is 10.9 Å². The monoisotopic (exact) mass is 237 g/mol. The molecule has 1 unspecified atom stereocenters. The first kappa shape index (κ1) is 13.5. The number of aliphatic hydroxyl groups is 1. The summed E-state index contributed by atoms with van der Waals surface area (Å²) in [7, 11) is 0. The Bertz CT molecular complexity index is 341. The lowest BCUT2D eigenvalue weighted by Gasteiger charge is -2.16. The highest BCUT2D eigenvalue weighted by molar-refractivity contribution is 5.87. The first-order valence-corrected chi connectivity index (χ1v) is 5.63. The smallest absolute Gasteiger partial charge is 0.147 e. The van der Waals surface area contributed by atoms with E-state index in [2.05, 4.69) is 10.5 Å². The Morgan fingerprint density at radius 3 is 2.65 bits per heavy atom. The van der Waals surface area contributed by atoms with Crippen LogP contribution in [0.4, 0.5) is 0 Å². The molecule has 5 heteroatoms. The van der Waals surface area contributed by atoms with Crippen LogP contribution in [0.2, 0.25) is 0 Å². The van der Waals surface area contributed by atoms with Crippen molar-refractivity contribution in [2.45, 2.75) is 12.3 Å². The van der Waals surface area contributed by atoms with Crippen LogP contribution in [0.25, 0.3) is 0 Å². The molecule has 1 atom stereocenters. The number of nitrogens with zero attached hydrogens (tertiary/aromatic N) is 1. The van der Waals surface area contributed by atoms with Crippen molar-refractivity contribution in [2.75, 3.05) is 19.7 Å². The van der Waals surface area contributed by atoms with Crippen molar-refractivity contribution in [3.63, 3.8) is 0 Å². The molecule has 5 nitrogen and oxygen atoms in total. The van der Waals surface area contributed by atoms with Gasteiger partial charge in [0.25, 0.3) is 0 Å². The standard InChI is InChI=1S/C12H19N3O2/c13-12(15-17)11(9-14-7-4-8-16)10-5-2-1-3-6-10/h1-3,5-6,11,14,16-17H,4,7-9H2,(H2,13,15). The molecule has 1 rings (SSSR count). The third-order valence-electron chi connectivity index (χ3n) is 2.53. The van der Waals surface area contributed by atoms with Gasteiger partial charge in [-0.05, 0) is 18.5 Å². The third-order valence-corrected chi connectivity index (χ3v) is 2.53. The lowest BCUT2D eigenvalue weighted by Crippen LogP contribution is -2.32. The van der Waals surface area contributed by atoms with Crippen LogP contribution >= 0.6 is 0 Å². The first-order valence-electron chi connectivity index (χ1n) is 5.63. The van der Waals surface area contributed by atoms with Gasteiger partial charge in [-0.3, -0.25) is 0 Å². The lowest BCUT2D eigenvalue weighted by atomic mass is 9.98. The summed E-state index contributed by atoms with van der Waals surface area (Å²) in [5.74, 6) is 0.0348. The summed E-state index contributed by atoms with van der Waals surface area (Å²) >= 11 is 0. The second-order valence-electron chi connectivity index (χ2n) is 3.77. The van der Waals surface area contributed by atoms with Crippen LogP contribution in [0.15, 0.2) is 35.5 Å². The van der Waals surface area contributed by atoms with E-state index in [-0.39, 0.29) is 18.4 Å². The second kappa shape index (κ2) is 7.65. The van der Waals surface area contributed by atoms with Crippen molar-refractivity contribution >= 4 is 5.84 Å². The van der Waals surface area contributed by atoms with Crippen molar-refractivity contribution in [1.29, 1.82) is 0 Å². The van der Waals surface area contributed by atoms with Crippen molar-refractivity contribution in [1.82, 2.24) is 5.32 Å².